The molecule has 0 saturated carbocycles. The van der Waals surface area contributed by atoms with Crippen molar-refractivity contribution in [2.45, 2.75) is 11.4 Å². The standard InChI is InChI=1S/C26H17Cl2F3N2O4S/c27-16-5-10-24(19(12-16)26(34)32-14-15-11-22(30)23(31)13-21(15)29)33-38(35,36)18-8-6-17(7-9-18)37-25-4-2-1-3-20(25)28/h1-13,33H,14H2,(H,32,34). The molecule has 12 heteroatoms. The van der Waals surface area contributed by atoms with Crippen LogP contribution in [0.2, 0.25) is 10.0 Å². The van der Waals surface area contributed by atoms with Gasteiger partial charge in [0.05, 0.1) is 21.2 Å². The van der Waals surface area contributed by atoms with Crippen LogP contribution in [0.5, 0.6) is 11.5 Å². The second-order valence-electron chi connectivity index (χ2n) is 7.84. The van der Waals surface area contributed by atoms with Crippen molar-refractivity contribution in [1.82, 2.24) is 5.32 Å². The summed E-state index contributed by atoms with van der Waals surface area (Å²) < 4.78 is 74.6. The average molecular weight is 581 g/mol. The van der Waals surface area contributed by atoms with Crippen molar-refractivity contribution in [2.75, 3.05) is 4.72 Å². The van der Waals surface area contributed by atoms with Gasteiger partial charge >= 0.3 is 0 Å². The second-order valence-corrected chi connectivity index (χ2v) is 10.4. The van der Waals surface area contributed by atoms with Crippen molar-refractivity contribution in [2.24, 2.45) is 0 Å². The van der Waals surface area contributed by atoms with Crippen molar-refractivity contribution >= 4 is 44.8 Å². The smallest absolute Gasteiger partial charge is 0.261 e. The van der Waals surface area contributed by atoms with Crippen LogP contribution in [0.15, 0.2) is 83.8 Å². The minimum absolute atomic E-state index is 0.117. The molecule has 4 aromatic rings. The predicted molar refractivity (Wildman–Crippen MR) is 138 cm³/mol. The number of ether oxygens (including phenoxy) is 1. The van der Waals surface area contributed by atoms with Crippen LogP contribution in [-0.4, -0.2) is 14.3 Å². The van der Waals surface area contributed by atoms with Crippen molar-refractivity contribution in [3.05, 3.63) is 117 Å². The number of para-hydroxylation sites is 1. The SMILES string of the molecule is O=C(NCc1cc(F)c(F)cc1F)c1cc(Cl)ccc1NS(=O)(=O)c1ccc(Oc2ccccc2Cl)cc1. The van der Waals surface area contributed by atoms with Gasteiger partial charge in [-0.05, 0) is 60.7 Å². The molecule has 0 bridgehead atoms. The zero-order chi connectivity index (χ0) is 27.4. The number of halogens is 5. The lowest BCUT2D eigenvalue weighted by Gasteiger charge is -2.14. The van der Waals surface area contributed by atoms with Crippen LogP contribution in [0.1, 0.15) is 15.9 Å². The molecule has 6 nitrogen and oxygen atoms in total. The molecule has 0 spiro atoms. The van der Waals surface area contributed by atoms with E-state index in [-0.39, 0.29) is 26.7 Å². The van der Waals surface area contributed by atoms with Gasteiger partial charge in [0.25, 0.3) is 15.9 Å². The first-order valence-electron chi connectivity index (χ1n) is 10.8. The van der Waals surface area contributed by atoms with Gasteiger partial charge in [-0.25, -0.2) is 21.6 Å². The summed E-state index contributed by atoms with van der Waals surface area (Å²) in [6.45, 7) is -0.493. The number of benzene rings is 4. The molecule has 0 atom stereocenters. The van der Waals surface area contributed by atoms with E-state index in [1.54, 1.807) is 24.3 Å². The number of carbonyl (C=O) groups is 1. The molecule has 0 aliphatic rings. The lowest BCUT2D eigenvalue weighted by molar-refractivity contribution is 0.0951. The molecule has 2 N–H and O–H groups in total. The van der Waals surface area contributed by atoms with E-state index in [1.807, 2.05) is 0 Å². The fourth-order valence-electron chi connectivity index (χ4n) is 3.31. The molecule has 0 aliphatic carbocycles. The zero-order valence-corrected chi connectivity index (χ0v) is 21.5. The Morgan fingerprint density at radius 2 is 1.53 bits per heavy atom. The predicted octanol–water partition coefficient (Wildman–Crippen LogP) is 6.93. The number of carbonyl (C=O) groups excluding carboxylic acids is 1. The molecule has 1 amide bonds. The molecule has 0 fully saturated rings. The summed E-state index contributed by atoms with van der Waals surface area (Å²) in [6.07, 6.45) is 0. The maximum absolute atomic E-state index is 13.9. The summed E-state index contributed by atoms with van der Waals surface area (Å²) in [5, 5.41) is 2.85. The highest BCUT2D eigenvalue weighted by atomic mass is 35.5. The Morgan fingerprint density at radius 1 is 0.842 bits per heavy atom. The van der Waals surface area contributed by atoms with Crippen LogP contribution in [0, 0.1) is 17.5 Å². The number of rotatable bonds is 8. The summed E-state index contributed by atoms with van der Waals surface area (Å²) in [7, 11) is -4.17. The summed E-state index contributed by atoms with van der Waals surface area (Å²) in [5.41, 5.74) is -0.600. The second kappa shape index (κ2) is 11.3. The minimum Gasteiger partial charge on any atom is -0.456 e. The Labute approximate surface area is 226 Å². The normalized spacial score (nSPS) is 11.2. The van der Waals surface area contributed by atoms with Gasteiger partial charge in [-0.3, -0.25) is 9.52 Å². The lowest BCUT2D eigenvalue weighted by Crippen LogP contribution is -2.25. The van der Waals surface area contributed by atoms with Crippen molar-refractivity contribution in [3.8, 4) is 11.5 Å². The van der Waals surface area contributed by atoms with E-state index >= 15 is 0 Å². The Hall–Kier alpha value is -3.73. The van der Waals surface area contributed by atoms with Crippen LogP contribution in [0.3, 0.4) is 0 Å². The first-order valence-corrected chi connectivity index (χ1v) is 13.0. The third-order valence-electron chi connectivity index (χ3n) is 5.20. The molecule has 0 aliphatic heterocycles. The first kappa shape index (κ1) is 27.3. The number of amides is 1. The van der Waals surface area contributed by atoms with Gasteiger partial charge in [0.15, 0.2) is 11.6 Å². The average Bonchev–Trinajstić information content (AvgIpc) is 2.88. The van der Waals surface area contributed by atoms with Crippen LogP contribution in [0.4, 0.5) is 18.9 Å². The molecular formula is C26H17Cl2F3N2O4S. The minimum atomic E-state index is -4.17. The molecule has 196 valence electrons. The lowest BCUT2D eigenvalue weighted by atomic mass is 10.1. The molecule has 0 unspecified atom stereocenters. The molecule has 38 heavy (non-hydrogen) atoms. The Kier molecular flexibility index (Phi) is 8.15. The zero-order valence-electron chi connectivity index (χ0n) is 19.1. The highest BCUT2D eigenvalue weighted by Crippen LogP contribution is 2.30. The van der Waals surface area contributed by atoms with E-state index in [1.165, 1.54) is 42.5 Å². The van der Waals surface area contributed by atoms with E-state index in [9.17, 15) is 26.4 Å². The molecule has 0 saturated heterocycles. The summed E-state index contributed by atoms with van der Waals surface area (Å²) >= 11 is 12.1. The van der Waals surface area contributed by atoms with E-state index in [4.69, 9.17) is 27.9 Å². The topological polar surface area (TPSA) is 84.5 Å². The largest absolute Gasteiger partial charge is 0.456 e. The third kappa shape index (κ3) is 6.39. The number of hydrogen-bond acceptors (Lipinski definition) is 4. The van der Waals surface area contributed by atoms with Gasteiger partial charge in [-0.2, -0.15) is 0 Å². The van der Waals surface area contributed by atoms with E-state index in [2.05, 4.69) is 10.0 Å². The molecule has 0 radical (unpaired) electrons. The molecule has 0 heterocycles. The third-order valence-corrected chi connectivity index (χ3v) is 7.13. The Balaban J connectivity index is 1.51. The van der Waals surface area contributed by atoms with Gasteiger partial charge < -0.3 is 10.1 Å². The van der Waals surface area contributed by atoms with Crippen LogP contribution in [0.25, 0.3) is 0 Å². The van der Waals surface area contributed by atoms with Gasteiger partial charge in [0.1, 0.15) is 17.3 Å². The van der Waals surface area contributed by atoms with Crippen molar-refractivity contribution in [1.29, 1.82) is 0 Å². The fourth-order valence-corrected chi connectivity index (χ4v) is 4.73. The summed E-state index contributed by atoms with van der Waals surface area (Å²) in [6, 6.07) is 17.1. The maximum Gasteiger partial charge on any atom is 0.261 e. The maximum atomic E-state index is 13.9. The van der Waals surface area contributed by atoms with Crippen molar-refractivity contribution in [3.63, 3.8) is 0 Å². The van der Waals surface area contributed by atoms with E-state index in [0.717, 1.165) is 0 Å². The first-order chi connectivity index (χ1) is 18.0. The van der Waals surface area contributed by atoms with E-state index < -0.39 is 39.9 Å². The monoisotopic (exact) mass is 580 g/mol. The van der Waals surface area contributed by atoms with Crippen LogP contribution in [-0.2, 0) is 16.6 Å². The van der Waals surface area contributed by atoms with Gasteiger partial charge in [0, 0.05) is 23.2 Å². The molecule has 0 aromatic heterocycles. The van der Waals surface area contributed by atoms with E-state index in [0.29, 0.717) is 28.7 Å². The van der Waals surface area contributed by atoms with Crippen LogP contribution >= 0.6 is 23.2 Å². The fraction of sp³-hybridized carbons (Fsp3) is 0.0385. The number of sulfonamides is 1. The molecule has 4 rings (SSSR count). The van der Waals surface area contributed by atoms with Crippen molar-refractivity contribution < 1.29 is 31.1 Å². The summed E-state index contributed by atoms with van der Waals surface area (Å²) in [5.74, 6) is -3.81. The highest BCUT2D eigenvalue weighted by molar-refractivity contribution is 7.92. The number of nitrogens with one attached hydrogen (secondary N) is 2. The quantitative estimate of drug-likeness (QED) is 0.221. The van der Waals surface area contributed by atoms with Gasteiger partial charge in [0.2, 0.25) is 0 Å². The Morgan fingerprint density at radius 3 is 2.24 bits per heavy atom. The van der Waals surface area contributed by atoms with Gasteiger partial charge in [-0.1, -0.05) is 35.3 Å². The molecular weight excluding hydrogens is 564 g/mol. The number of hydrogen-bond donors (Lipinski definition) is 2. The highest BCUT2D eigenvalue weighted by Gasteiger charge is 2.20. The van der Waals surface area contributed by atoms with Crippen LogP contribution < -0.4 is 14.8 Å². The summed E-state index contributed by atoms with van der Waals surface area (Å²) in [4.78, 5) is 12.7. The molecule has 4 aromatic carbocycles. The number of anilines is 1. The van der Waals surface area contributed by atoms with Gasteiger partial charge in [-0.15, -0.1) is 0 Å². The Bertz CT molecular complexity index is 1620.